The van der Waals surface area contributed by atoms with E-state index in [1.165, 1.54) is 11.3 Å². The first-order chi connectivity index (χ1) is 8.96. The lowest BCUT2D eigenvalue weighted by Gasteiger charge is -2.36. The Morgan fingerprint density at radius 1 is 1.47 bits per heavy atom. The van der Waals surface area contributed by atoms with Gasteiger partial charge in [-0.05, 0) is 49.7 Å². The molecule has 19 heavy (non-hydrogen) atoms. The molecule has 1 saturated heterocycles. The normalized spacial score (nSPS) is 25.6. The Labute approximate surface area is 119 Å². The molecule has 6 heteroatoms. The Morgan fingerprint density at radius 2 is 2.21 bits per heavy atom. The number of hydrogen-bond acceptors (Lipinski definition) is 4. The minimum absolute atomic E-state index is 0.0913. The third-order valence-corrected chi connectivity index (χ3v) is 7.34. The van der Waals surface area contributed by atoms with Crippen LogP contribution in [0, 0.1) is 5.92 Å². The maximum Gasteiger partial charge on any atom is 0.252 e. The molecular weight excluding hydrogens is 280 g/mol. The fourth-order valence-electron chi connectivity index (χ4n) is 2.54. The molecule has 1 aliphatic heterocycles. The van der Waals surface area contributed by atoms with Gasteiger partial charge < -0.3 is 5.32 Å². The monoisotopic (exact) mass is 302 g/mol. The maximum atomic E-state index is 12.7. The molecule has 0 bridgehead atoms. The molecule has 0 spiro atoms. The van der Waals surface area contributed by atoms with Gasteiger partial charge in [0.2, 0.25) is 0 Å². The minimum Gasteiger partial charge on any atom is -0.316 e. The van der Waals surface area contributed by atoms with E-state index in [1.807, 2.05) is 19.4 Å². The summed E-state index contributed by atoms with van der Waals surface area (Å²) in [6.45, 7) is 5.50. The Morgan fingerprint density at radius 3 is 2.89 bits per heavy atom. The summed E-state index contributed by atoms with van der Waals surface area (Å²) in [6.07, 6.45) is 2.07. The summed E-state index contributed by atoms with van der Waals surface area (Å²) < 4.78 is 27.5. The van der Waals surface area contributed by atoms with E-state index < -0.39 is 10.0 Å². The van der Waals surface area contributed by atoms with Gasteiger partial charge in [0.1, 0.15) is 4.21 Å². The lowest BCUT2D eigenvalue weighted by Crippen LogP contribution is -2.45. The zero-order chi connectivity index (χ0) is 14.0. The minimum atomic E-state index is -3.32. The molecule has 2 rings (SSSR count). The largest absolute Gasteiger partial charge is 0.316 e. The highest BCUT2D eigenvalue weighted by atomic mass is 32.2. The van der Waals surface area contributed by atoms with Crippen LogP contribution in [-0.4, -0.2) is 32.4 Å². The van der Waals surface area contributed by atoms with Crippen LogP contribution in [0.25, 0.3) is 0 Å². The van der Waals surface area contributed by atoms with Gasteiger partial charge in [-0.15, -0.1) is 11.3 Å². The van der Waals surface area contributed by atoms with Crippen LogP contribution in [0.1, 0.15) is 32.3 Å². The van der Waals surface area contributed by atoms with E-state index in [-0.39, 0.29) is 6.04 Å². The molecule has 0 amide bonds. The van der Waals surface area contributed by atoms with Crippen LogP contribution in [0.15, 0.2) is 15.7 Å². The van der Waals surface area contributed by atoms with Gasteiger partial charge in [-0.3, -0.25) is 0 Å². The SMILES string of the molecule is CNCc1csc(S(=O)(=O)N2CCCC(C)C2C)c1. The van der Waals surface area contributed by atoms with E-state index in [0.29, 0.717) is 23.2 Å². The molecule has 0 saturated carbocycles. The van der Waals surface area contributed by atoms with Crippen molar-refractivity contribution in [2.24, 2.45) is 5.92 Å². The fourth-order valence-corrected chi connectivity index (χ4v) is 5.64. The molecular formula is C13H22N2O2S2. The molecule has 2 unspecified atom stereocenters. The number of nitrogens with zero attached hydrogens (tertiary/aromatic N) is 1. The second-order valence-corrected chi connectivity index (χ2v) is 8.31. The smallest absolute Gasteiger partial charge is 0.252 e. The van der Waals surface area contributed by atoms with Crippen molar-refractivity contribution in [1.82, 2.24) is 9.62 Å². The average Bonchev–Trinajstić information content (AvgIpc) is 2.82. The van der Waals surface area contributed by atoms with E-state index in [2.05, 4.69) is 12.2 Å². The van der Waals surface area contributed by atoms with Crippen LogP contribution in [0.5, 0.6) is 0 Å². The van der Waals surface area contributed by atoms with Crippen molar-refractivity contribution < 1.29 is 8.42 Å². The Balaban J connectivity index is 2.25. The number of thiophene rings is 1. The van der Waals surface area contributed by atoms with Crippen LogP contribution in [0.3, 0.4) is 0 Å². The van der Waals surface area contributed by atoms with Crippen LogP contribution < -0.4 is 5.32 Å². The number of hydrogen-bond donors (Lipinski definition) is 1. The van der Waals surface area contributed by atoms with E-state index in [1.54, 1.807) is 10.4 Å². The summed E-state index contributed by atoms with van der Waals surface area (Å²) >= 11 is 1.32. The highest BCUT2D eigenvalue weighted by Crippen LogP contribution is 2.31. The number of sulfonamides is 1. The molecule has 0 radical (unpaired) electrons. The molecule has 2 atom stereocenters. The van der Waals surface area contributed by atoms with Crippen LogP contribution in [0.2, 0.25) is 0 Å². The first kappa shape index (κ1) is 15.0. The lowest BCUT2D eigenvalue weighted by molar-refractivity contribution is 0.202. The topological polar surface area (TPSA) is 49.4 Å². The van der Waals surface area contributed by atoms with Gasteiger partial charge in [0.05, 0.1) is 0 Å². The summed E-state index contributed by atoms with van der Waals surface area (Å²) in [4.78, 5) is 0. The van der Waals surface area contributed by atoms with Crippen molar-refractivity contribution in [2.45, 2.75) is 43.5 Å². The highest BCUT2D eigenvalue weighted by Gasteiger charge is 2.35. The summed E-state index contributed by atoms with van der Waals surface area (Å²) in [5.41, 5.74) is 1.03. The van der Waals surface area contributed by atoms with Crippen molar-refractivity contribution in [1.29, 1.82) is 0 Å². The van der Waals surface area contributed by atoms with Crippen molar-refractivity contribution >= 4 is 21.4 Å². The molecule has 1 fully saturated rings. The second kappa shape index (κ2) is 5.91. The van der Waals surface area contributed by atoms with Gasteiger partial charge in [0.25, 0.3) is 10.0 Å². The molecule has 0 aliphatic carbocycles. The maximum absolute atomic E-state index is 12.7. The predicted octanol–water partition coefficient (Wildman–Crippen LogP) is 2.28. The van der Waals surface area contributed by atoms with Crippen molar-refractivity contribution in [3.63, 3.8) is 0 Å². The zero-order valence-electron chi connectivity index (χ0n) is 11.7. The van der Waals surface area contributed by atoms with Gasteiger partial charge in [-0.2, -0.15) is 4.31 Å². The van der Waals surface area contributed by atoms with E-state index in [4.69, 9.17) is 0 Å². The summed E-state index contributed by atoms with van der Waals surface area (Å²) in [7, 11) is -1.46. The third kappa shape index (κ3) is 3.02. The van der Waals surface area contributed by atoms with Gasteiger partial charge in [-0.25, -0.2) is 8.42 Å². The molecule has 2 heterocycles. The second-order valence-electron chi connectivity index (χ2n) is 5.28. The number of nitrogens with one attached hydrogen (secondary N) is 1. The first-order valence-corrected chi connectivity index (χ1v) is 9.02. The number of rotatable bonds is 4. The number of piperidine rings is 1. The molecule has 1 aromatic heterocycles. The Hall–Kier alpha value is -0.430. The summed E-state index contributed by atoms with van der Waals surface area (Å²) in [6, 6.07) is 1.89. The van der Waals surface area contributed by atoms with E-state index in [0.717, 1.165) is 18.4 Å². The molecule has 4 nitrogen and oxygen atoms in total. The van der Waals surface area contributed by atoms with E-state index >= 15 is 0 Å². The molecule has 0 aromatic carbocycles. The van der Waals surface area contributed by atoms with Crippen LogP contribution in [0.4, 0.5) is 0 Å². The molecule has 1 aromatic rings. The van der Waals surface area contributed by atoms with Crippen LogP contribution in [-0.2, 0) is 16.6 Å². The Kier molecular flexibility index (Phi) is 4.66. The lowest BCUT2D eigenvalue weighted by atomic mass is 9.94. The summed E-state index contributed by atoms with van der Waals surface area (Å²) in [5.74, 6) is 0.431. The molecule has 108 valence electrons. The first-order valence-electron chi connectivity index (χ1n) is 6.70. The third-order valence-electron chi connectivity index (χ3n) is 3.89. The predicted molar refractivity (Wildman–Crippen MR) is 78.8 cm³/mol. The zero-order valence-corrected chi connectivity index (χ0v) is 13.4. The van der Waals surface area contributed by atoms with Crippen molar-refractivity contribution in [3.8, 4) is 0 Å². The summed E-state index contributed by atoms with van der Waals surface area (Å²) in [5, 5.41) is 4.96. The standard InChI is InChI=1S/C13H22N2O2S2/c1-10-5-4-6-15(11(10)2)19(16,17)13-7-12(8-14-3)9-18-13/h7,9-11,14H,4-6,8H2,1-3H3. The van der Waals surface area contributed by atoms with Crippen molar-refractivity contribution in [2.75, 3.05) is 13.6 Å². The van der Waals surface area contributed by atoms with Gasteiger partial charge >= 0.3 is 0 Å². The molecule has 1 N–H and O–H groups in total. The van der Waals surface area contributed by atoms with E-state index in [9.17, 15) is 8.42 Å². The average molecular weight is 302 g/mol. The van der Waals surface area contributed by atoms with Gasteiger partial charge in [0, 0.05) is 19.1 Å². The van der Waals surface area contributed by atoms with Gasteiger partial charge in [0.15, 0.2) is 0 Å². The quantitative estimate of drug-likeness (QED) is 0.928. The van der Waals surface area contributed by atoms with Crippen LogP contribution >= 0.6 is 11.3 Å². The highest BCUT2D eigenvalue weighted by molar-refractivity contribution is 7.91. The molecule has 1 aliphatic rings. The Bertz CT molecular complexity index is 525. The van der Waals surface area contributed by atoms with Crippen molar-refractivity contribution in [3.05, 3.63) is 17.0 Å². The fraction of sp³-hybridized carbons (Fsp3) is 0.692. The van der Waals surface area contributed by atoms with Gasteiger partial charge in [-0.1, -0.05) is 6.92 Å².